The minimum Gasteiger partial charge on any atom is -0.370 e. The summed E-state index contributed by atoms with van der Waals surface area (Å²) in [6.45, 7) is 8.80. The van der Waals surface area contributed by atoms with Crippen LogP contribution in [0.4, 0.5) is 11.4 Å². The molecular formula is C29H32N4O3. The van der Waals surface area contributed by atoms with Gasteiger partial charge in [-0.3, -0.25) is 29.5 Å². The predicted molar refractivity (Wildman–Crippen MR) is 143 cm³/mol. The lowest BCUT2D eigenvalue weighted by molar-refractivity contribution is -0.134. The van der Waals surface area contributed by atoms with Gasteiger partial charge in [0, 0.05) is 55.6 Å². The first-order chi connectivity index (χ1) is 17.4. The summed E-state index contributed by atoms with van der Waals surface area (Å²) < 4.78 is 0. The van der Waals surface area contributed by atoms with Crippen LogP contribution < -0.4 is 15.1 Å². The molecule has 0 bridgehead atoms. The minimum atomic E-state index is -0.674. The second-order valence-electron chi connectivity index (χ2n) is 9.73. The van der Waals surface area contributed by atoms with Gasteiger partial charge >= 0.3 is 0 Å². The first kappa shape index (κ1) is 24.0. The third-order valence-electron chi connectivity index (χ3n) is 7.57. The number of hydrogen-bond acceptors (Lipinski definition) is 5. The number of benzene rings is 2. The SMILES string of the molecule is C=C/C(=C\C=C/C)CN1CCC(N(C)c2ccc3c4c(cccc24)N(C2CCC(=O)NC2=O)C3=O)C1. The van der Waals surface area contributed by atoms with Crippen molar-refractivity contribution in [1.82, 2.24) is 10.2 Å². The first-order valence-electron chi connectivity index (χ1n) is 12.6. The van der Waals surface area contributed by atoms with Crippen LogP contribution in [-0.4, -0.2) is 61.4 Å². The summed E-state index contributed by atoms with van der Waals surface area (Å²) in [5.41, 5.74) is 3.64. The van der Waals surface area contributed by atoms with E-state index in [-0.39, 0.29) is 18.2 Å². The van der Waals surface area contributed by atoms with Crippen LogP contribution in [-0.2, 0) is 9.59 Å². The molecule has 1 N–H and O–H groups in total. The molecule has 0 saturated carbocycles. The van der Waals surface area contributed by atoms with Gasteiger partial charge in [0.25, 0.3) is 5.91 Å². The Morgan fingerprint density at radius 2 is 2.03 bits per heavy atom. The van der Waals surface area contributed by atoms with Crippen molar-refractivity contribution in [2.24, 2.45) is 0 Å². The Kier molecular flexibility index (Phi) is 6.49. The third-order valence-corrected chi connectivity index (χ3v) is 7.57. The van der Waals surface area contributed by atoms with Crippen LogP contribution in [0.3, 0.4) is 0 Å². The van der Waals surface area contributed by atoms with Crippen molar-refractivity contribution in [2.45, 2.75) is 38.3 Å². The molecule has 5 rings (SSSR count). The molecule has 7 nitrogen and oxygen atoms in total. The number of carbonyl (C=O) groups is 3. The molecule has 2 aromatic rings. The van der Waals surface area contributed by atoms with Gasteiger partial charge in [0.1, 0.15) is 6.04 Å². The Balaban J connectivity index is 1.42. The number of nitrogens with zero attached hydrogens (tertiary/aromatic N) is 3. The predicted octanol–water partition coefficient (Wildman–Crippen LogP) is 3.80. The van der Waals surface area contributed by atoms with E-state index in [0.29, 0.717) is 18.0 Å². The van der Waals surface area contributed by atoms with E-state index in [1.165, 1.54) is 5.57 Å². The second kappa shape index (κ2) is 9.74. The molecule has 2 saturated heterocycles. The second-order valence-corrected chi connectivity index (χ2v) is 9.73. The van der Waals surface area contributed by atoms with Gasteiger partial charge in [0.2, 0.25) is 11.8 Å². The topological polar surface area (TPSA) is 73.0 Å². The number of amides is 3. The largest absolute Gasteiger partial charge is 0.370 e. The number of likely N-dealkylation sites (tertiary alicyclic amines) is 1. The molecule has 7 heteroatoms. The molecular weight excluding hydrogens is 452 g/mol. The van der Waals surface area contributed by atoms with E-state index in [2.05, 4.69) is 40.9 Å². The number of imide groups is 1. The van der Waals surface area contributed by atoms with Crippen molar-refractivity contribution in [2.75, 3.05) is 36.5 Å². The molecule has 3 heterocycles. The van der Waals surface area contributed by atoms with Crippen molar-refractivity contribution in [3.8, 4) is 0 Å². The lowest BCUT2D eigenvalue weighted by atomic mass is 10.0. The van der Waals surface area contributed by atoms with Crippen LogP contribution in [0, 0.1) is 0 Å². The molecule has 3 aliphatic heterocycles. The van der Waals surface area contributed by atoms with Crippen molar-refractivity contribution in [3.05, 3.63) is 72.4 Å². The van der Waals surface area contributed by atoms with Gasteiger partial charge in [0.15, 0.2) is 0 Å². The molecule has 0 spiro atoms. The summed E-state index contributed by atoms with van der Waals surface area (Å²) in [5.74, 6) is -0.873. The quantitative estimate of drug-likeness (QED) is 0.478. The first-order valence-corrected chi connectivity index (χ1v) is 12.6. The Morgan fingerprint density at radius 3 is 2.78 bits per heavy atom. The van der Waals surface area contributed by atoms with E-state index < -0.39 is 11.9 Å². The zero-order valence-electron chi connectivity index (χ0n) is 20.9. The van der Waals surface area contributed by atoms with Gasteiger partial charge in [0.05, 0.1) is 11.3 Å². The van der Waals surface area contributed by atoms with Gasteiger partial charge in [-0.15, -0.1) is 0 Å². The van der Waals surface area contributed by atoms with Crippen molar-refractivity contribution < 1.29 is 14.4 Å². The summed E-state index contributed by atoms with van der Waals surface area (Å²) in [5, 5.41) is 4.28. The molecule has 0 aliphatic carbocycles. The Labute approximate surface area is 211 Å². The number of rotatable bonds is 7. The molecule has 36 heavy (non-hydrogen) atoms. The monoisotopic (exact) mass is 484 g/mol. The van der Waals surface area contributed by atoms with Crippen molar-refractivity contribution in [3.63, 3.8) is 0 Å². The van der Waals surface area contributed by atoms with E-state index in [1.807, 2.05) is 49.4 Å². The number of carbonyl (C=O) groups excluding carboxylic acids is 3. The van der Waals surface area contributed by atoms with E-state index in [0.717, 1.165) is 48.2 Å². The number of allylic oxidation sites excluding steroid dienone is 3. The van der Waals surface area contributed by atoms with Crippen LogP contribution in [0.1, 0.15) is 36.5 Å². The summed E-state index contributed by atoms with van der Waals surface area (Å²) in [7, 11) is 2.12. The highest BCUT2D eigenvalue weighted by atomic mass is 16.2. The fourth-order valence-corrected chi connectivity index (χ4v) is 5.67. The average molecular weight is 485 g/mol. The fraction of sp³-hybridized carbons (Fsp3) is 0.345. The maximum atomic E-state index is 13.4. The highest BCUT2D eigenvalue weighted by molar-refractivity contribution is 6.28. The third kappa shape index (κ3) is 4.13. The van der Waals surface area contributed by atoms with E-state index in [4.69, 9.17) is 0 Å². The molecule has 186 valence electrons. The van der Waals surface area contributed by atoms with Gasteiger partial charge in [-0.25, -0.2) is 0 Å². The Bertz CT molecular complexity index is 1310. The van der Waals surface area contributed by atoms with Crippen LogP contribution in [0.5, 0.6) is 0 Å². The normalized spacial score (nSPS) is 22.7. The lowest BCUT2D eigenvalue weighted by Gasteiger charge is -2.30. The molecule has 0 radical (unpaired) electrons. The molecule has 2 unspecified atom stereocenters. The summed E-state index contributed by atoms with van der Waals surface area (Å²) in [6.07, 6.45) is 9.71. The highest BCUT2D eigenvalue weighted by Crippen LogP contribution is 2.43. The van der Waals surface area contributed by atoms with Gasteiger partial charge in [-0.1, -0.05) is 43.0 Å². The number of anilines is 2. The fourth-order valence-electron chi connectivity index (χ4n) is 5.67. The molecule has 0 aromatic heterocycles. The van der Waals surface area contributed by atoms with Crippen LogP contribution in [0.15, 0.2) is 66.8 Å². The zero-order chi connectivity index (χ0) is 25.4. The van der Waals surface area contributed by atoms with Crippen LogP contribution >= 0.6 is 0 Å². The summed E-state index contributed by atoms with van der Waals surface area (Å²) >= 11 is 0. The smallest absolute Gasteiger partial charge is 0.259 e. The maximum absolute atomic E-state index is 13.4. The Morgan fingerprint density at radius 1 is 1.19 bits per heavy atom. The highest BCUT2D eigenvalue weighted by Gasteiger charge is 2.41. The summed E-state index contributed by atoms with van der Waals surface area (Å²) in [4.78, 5) is 44.0. The standard InChI is InChI=1S/C29H32N4O3/c1-4-6-8-19(5-2)17-32-16-15-20(18-32)31(3)23-12-11-22-27-21(23)9-7-10-24(27)33(29(22)36)25-13-14-26(34)30-28(25)35/h4-12,20,25H,2,13-18H2,1,3H3,(H,30,34,35)/b6-4-,19-8+. The van der Waals surface area contributed by atoms with E-state index >= 15 is 0 Å². The number of piperidine rings is 1. The maximum Gasteiger partial charge on any atom is 0.259 e. The number of nitrogens with one attached hydrogen (secondary N) is 1. The molecule has 2 aromatic carbocycles. The van der Waals surface area contributed by atoms with Gasteiger partial charge < -0.3 is 4.90 Å². The molecule has 3 amide bonds. The van der Waals surface area contributed by atoms with Crippen LogP contribution in [0.2, 0.25) is 0 Å². The lowest BCUT2D eigenvalue weighted by Crippen LogP contribution is -2.53. The van der Waals surface area contributed by atoms with E-state index in [1.54, 1.807) is 4.90 Å². The van der Waals surface area contributed by atoms with Gasteiger partial charge in [-0.05, 0) is 43.5 Å². The molecule has 3 aliphatic rings. The number of likely N-dealkylation sites (N-methyl/N-ethyl adjacent to an activating group) is 1. The summed E-state index contributed by atoms with van der Waals surface area (Å²) in [6, 6.07) is 9.48. The molecule has 2 atom stereocenters. The van der Waals surface area contributed by atoms with Crippen molar-refractivity contribution in [1.29, 1.82) is 0 Å². The Hall–Kier alpha value is -3.71. The van der Waals surface area contributed by atoms with Crippen molar-refractivity contribution >= 4 is 39.9 Å². The minimum absolute atomic E-state index is 0.179. The van der Waals surface area contributed by atoms with Crippen LogP contribution in [0.25, 0.3) is 10.8 Å². The van der Waals surface area contributed by atoms with Gasteiger partial charge in [-0.2, -0.15) is 0 Å². The van der Waals surface area contributed by atoms with E-state index in [9.17, 15) is 14.4 Å². The average Bonchev–Trinajstić information content (AvgIpc) is 3.45. The zero-order valence-corrected chi connectivity index (χ0v) is 20.9. The number of hydrogen-bond donors (Lipinski definition) is 1. The molecule has 2 fully saturated rings.